The Morgan fingerprint density at radius 2 is 1.54 bits per heavy atom. The standard InChI is InChI=1S/C28H32N4O2S/c1-30-16-18-32(19-17-30)35(34)27-12-10-26(11-13-27)29-28(33)24-8-6-22(7-9-24)20-31-15-14-23-4-2-3-5-25(23)21-31/h2-13H,14-21H2,1H3,(H,29,33)/p+1. The maximum absolute atomic E-state index is 12.9. The predicted octanol–water partition coefficient (Wildman–Crippen LogP) is 3.71. The second kappa shape index (κ2) is 10.8. The zero-order chi connectivity index (χ0) is 24.2. The molecule has 1 N–H and O–H groups in total. The summed E-state index contributed by atoms with van der Waals surface area (Å²) in [4.78, 5) is 18.3. The molecule has 0 aromatic heterocycles. The van der Waals surface area contributed by atoms with Crippen molar-refractivity contribution in [2.75, 3.05) is 45.1 Å². The number of benzene rings is 3. The average molecular weight is 490 g/mol. The lowest BCUT2D eigenvalue weighted by molar-refractivity contribution is 0.102. The van der Waals surface area contributed by atoms with Crippen molar-refractivity contribution in [3.05, 3.63) is 95.1 Å². The molecule has 1 fully saturated rings. The van der Waals surface area contributed by atoms with E-state index in [1.54, 1.807) is 0 Å². The van der Waals surface area contributed by atoms with Gasteiger partial charge in [0.1, 0.15) is 0 Å². The molecule has 2 heterocycles. The number of piperazine rings is 1. The molecular formula is C28H33N4O2S+. The lowest BCUT2D eigenvalue weighted by Gasteiger charge is -2.28. The minimum Gasteiger partial charge on any atom is -0.322 e. The van der Waals surface area contributed by atoms with Crippen LogP contribution >= 0.6 is 0 Å². The summed E-state index contributed by atoms with van der Waals surface area (Å²) in [5, 5.41) is 2.96. The number of anilines is 1. The minimum atomic E-state index is -1.58. The third kappa shape index (κ3) is 5.87. The molecule has 7 heteroatoms. The van der Waals surface area contributed by atoms with E-state index >= 15 is 0 Å². The van der Waals surface area contributed by atoms with E-state index in [9.17, 15) is 9.00 Å². The van der Waals surface area contributed by atoms with Crippen LogP contribution in [0, 0.1) is 0 Å². The highest BCUT2D eigenvalue weighted by Gasteiger charge is 2.25. The Kier molecular flexibility index (Phi) is 7.39. The largest absolute Gasteiger partial charge is 0.322 e. The van der Waals surface area contributed by atoms with E-state index < -0.39 is 11.0 Å². The number of amides is 1. The molecule has 1 unspecified atom stereocenters. The normalized spacial score (nSPS) is 18.1. The molecule has 1 amide bonds. The lowest BCUT2D eigenvalue weighted by atomic mass is 9.99. The number of fused-ring (bicyclic) bond motifs is 1. The van der Waals surface area contributed by atoms with Gasteiger partial charge in [-0.2, -0.15) is 0 Å². The Morgan fingerprint density at radius 1 is 0.857 bits per heavy atom. The lowest BCUT2D eigenvalue weighted by Crippen LogP contribution is -2.44. The molecular weight excluding hydrogens is 456 g/mol. The van der Waals surface area contributed by atoms with Gasteiger partial charge in [0.15, 0.2) is 15.9 Å². The number of carbonyl (C=O) groups excluding carboxylic acids is 1. The third-order valence-corrected chi connectivity index (χ3v) is 8.57. The van der Waals surface area contributed by atoms with Crippen molar-refractivity contribution in [1.29, 1.82) is 0 Å². The predicted molar refractivity (Wildman–Crippen MR) is 142 cm³/mol. The van der Waals surface area contributed by atoms with Crippen LogP contribution in [0.25, 0.3) is 0 Å². The smallest absolute Gasteiger partial charge is 0.255 e. The zero-order valence-corrected chi connectivity index (χ0v) is 21.1. The van der Waals surface area contributed by atoms with Crippen molar-refractivity contribution in [1.82, 2.24) is 14.1 Å². The molecule has 3 aromatic rings. The van der Waals surface area contributed by atoms with Crippen molar-refractivity contribution in [3.63, 3.8) is 0 Å². The van der Waals surface area contributed by atoms with Crippen LogP contribution in [0.1, 0.15) is 27.0 Å². The molecule has 0 aliphatic carbocycles. The number of rotatable bonds is 6. The Balaban J connectivity index is 1.15. The first-order valence-corrected chi connectivity index (χ1v) is 13.5. The summed E-state index contributed by atoms with van der Waals surface area (Å²) < 4.78 is 14.9. The first kappa shape index (κ1) is 23.9. The highest BCUT2D eigenvalue weighted by atomic mass is 32.2. The van der Waals surface area contributed by atoms with Crippen molar-refractivity contribution in [3.8, 4) is 0 Å². The monoisotopic (exact) mass is 489 g/mol. The van der Waals surface area contributed by atoms with Crippen LogP contribution in [0.4, 0.5) is 5.69 Å². The number of carbonyl (C=O) groups is 1. The molecule has 5 rings (SSSR count). The Hall–Kier alpha value is -2.84. The SMILES string of the molecule is CN1CCN([SH+](=O)c2ccc(NC(=O)c3ccc(CN4CCc5ccccc5C4)cc3)cc2)CC1. The van der Waals surface area contributed by atoms with Gasteiger partial charge in [0.2, 0.25) is 0 Å². The molecule has 6 nitrogen and oxygen atoms in total. The number of hydrogen-bond acceptors (Lipinski definition) is 4. The van der Waals surface area contributed by atoms with Gasteiger partial charge in [0, 0.05) is 44.0 Å². The summed E-state index contributed by atoms with van der Waals surface area (Å²) in [7, 11) is 0.511. The number of nitrogens with one attached hydrogen (secondary N) is 1. The number of thiol groups is 1. The summed E-state index contributed by atoms with van der Waals surface area (Å²) in [5.74, 6) is -0.139. The van der Waals surface area contributed by atoms with E-state index in [2.05, 4.69) is 46.4 Å². The maximum Gasteiger partial charge on any atom is 0.255 e. The molecule has 0 saturated carbocycles. The van der Waals surface area contributed by atoms with Crippen molar-refractivity contribution in [2.45, 2.75) is 24.4 Å². The van der Waals surface area contributed by atoms with Gasteiger partial charge < -0.3 is 10.2 Å². The fourth-order valence-corrected chi connectivity index (χ4v) is 6.00. The maximum atomic E-state index is 12.9. The molecule has 2 aliphatic heterocycles. The van der Waals surface area contributed by atoms with Gasteiger partial charge in [-0.05, 0) is 66.6 Å². The highest BCUT2D eigenvalue weighted by molar-refractivity contribution is 7.82. The van der Waals surface area contributed by atoms with Crippen LogP contribution in [0.5, 0.6) is 0 Å². The van der Waals surface area contributed by atoms with E-state index in [0.29, 0.717) is 11.3 Å². The first-order chi connectivity index (χ1) is 17.0. The summed E-state index contributed by atoms with van der Waals surface area (Å²) in [5.41, 5.74) is 5.41. The fourth-order valence-electron chi connectivity index (χ4n) is 4.73. The minimum absolute atomic E-state index is 0.139. The highest BCUT2D eigenvalue weighted by Crippen LogP contribution is 2.21. The third-order valence-electron chi connectivity index (χ3n) is 6.91. The first-order valence-electron chi connectivity index (χ1n) is 12.3. The van der Waals surface area contributed by atoms with E-state index in [1.165, 1.54) is 16.7 Å². The van der Waals surface area contributed by atoms with E-state index in [-0.39, 0.29) is 5.91 Å². The Morgan fingerprint density at radius 3 is 2.26 bits per heavy atom. The van der Waals surface area contributed by atoms with Crippen LogP contribution < -0.4 is 5.32 Å². The molecule has 182 valence electrons. The molecule has 3 aromatic carbocycles. The topological polar surface area (TPSA) is 55.9 Å². The quantitative estimate of drug-likeness (QED) is 0.424. The van der Waals surface area contributed by atoms with E-state index in [1.807, 2.05) is 52.8 Å². The van der Waals surface area contributed by atoms with Crippen LogP contribution in [-0.2, 0) is 34.7 Å². The van der Waals surface area contributed by atoms with E-state index in [0.717, 1.165) is 57.1 Å². The van der Waals surface area contributed by atoms with Crippen LogP contribution in [0.3, 0.4) is 0 Å². The molecule has 1 atom stereocenters. The number of nitrogens with zero attached hydrogens (tertiary/aromatic N) is 3. The molecule has 0 spiro atoms. The summed E-state index contributed by atoms with van der Waals surface area (Å²) in [6, 6.07) is 23.9. The van der Waals surface area contributed by atoms with Crippen LogP contribution in [-0.4, -0.2) is 59.8 Å². The Labute approximate surface area is 210 Å². The van der Waals surface area contributed by atoms with Gasteiger partial charge in [0.05, 0.1) is 13.1 Å². The average Bonchev–Trinajstić information content (AvgIpc) is 2.89. The van der Waals surface area contributed by atoms with Crippen LogP contribution in [0.2, 0.25) is 0 Å². The van der Waals surface area contributed by atoms with Gasteiger partial charge in [-0.1, -0.05) is 40.6 Å². The molecule has 0 bridgehead atoms. The van der Waals surface area contributed by atoms with Gasteiger partial charge in [-0.25, -0.2) is 0 Å². The van der Waals surface area contributed by atoms with Gasteiger partial charge in [0.25, 0.3) is 5.91 Å². The molecule has 35 heavy (non-hydrogen) atoms. The molecule has 2 aliphatic rings. The Bertz CT molecular complexity index is 1190. The van der Waals surface area contributed by atoms with Gasteiger partial charge >= 0.3 is 0 Å². The fraction of sp³-hybridized carbons (Fsp3) is 0.321. The second-order valence-electron chi connectivity index (χ2n) is 9.46. The van der Waals surface area contributed by atoms with E-state index in [4.69, 9.17) is 0 Å². The van der Waals surface area contributed by atoms with Crippen molar-refractivity contribution in [2.24, 2.45) is 0 Å². The van der Waals surface area contributed by atoms with Gasteiger partial charge in [-0.3, -0.25) is 9.69 Å². The number of likely N-dealkylation sites (N-methyl/N-ethyl adjacent to an activating group) is 1. The van der Waals surface area contributed by atoms with Gasteiger partial charge in [-0.15, -0.1) is 4.31 Å². The summed E-state index contributed by atoms with van der Waals surface area (Å²) in [6.45, 7) is 6.38. The second-order valence-corrected chi connectivity index (χ2v) is 11.1. The van der Waals surface area contributed by atoms with Crippen LogP contribution in [0.15, 0.2) is 77.7 Å². The van der Waals surface area contributed by atoms with Crippen molar-refractivity contribution < 1.29 is 9.00 Å². The summed E-state index contributed by atoms with van der Waals surface area (Å²) >= 11 is 0. The van der Waals surface area contributed by atoms with Crippen molar-refractivity contribution >= 4 is 22.6 Å². The zero-order valence-electron chi connectivity index (χ0n) is 20.2. The molecule has 0 radical (unpaired) electrons. The molecule has 1 saturated heterocycles. The summed E-state index contributed by atoms with van der Waals surface area (Å²) in [6.07, 6.45) is 1.08. The number of hydrogen-bond donors (Lipinski definition) is 1.